The van der Waals surface area contributed by atoms with E-state index < -0.39 is 0 Å². The Balaban J connectivity index is 1.50. The zero-order valence-electron chi connectivity index (χ0n) is 10.7. The van der Waals surface area contributed by atoms with Crippen molar-refractivity contribution in [3.63, 3.8) is 0 Å². The lowest BCUT2D eigenvalue weighted by atomic mass is 10.3. The number of fused-ring (bicyclic) bond motifs is 1. The summed E-state index contributed by atoms with van der Waals surface area (Å²) in [6, 6.07) is 2.97. The zero-order chi connectivity index (χ0) is 13.1. The molecule has 6 heteroatoms. The van der Waals surface area contributed by atoms with Crippen molar-refractivity contribution in [2.24, 2.45) is 0 Å². The van der Waals surface area contributed by atoms with Crippen LogP contribution in [-0.2, 0) is 4.74 Å². The number of nitrogens with zero attached hydrogens (tertiary/aromatic N) is 3. The van der Waals surface area contributed by atoms with Crippen molar-refractivity contribution in [1.82, 2.24) is 14.6 Å². The molecule has 2 aromatic heterocycles. The van der Waals surface area contributed by atoms with E-state index in [1.807, 2.05) is 0 Å². The van der Waals surface area contributed by atoms with Gasteiger partial charge in [0.05, 0.1) is 18.9 Å². The molecule has 1 N–H and O–H groups in total. The van der Waals surface area contributed by atoms with Crippen molar-refractivity contribution >= 4 is 11.6 Å². The summed E-state index contributed by atoms with van der Waals surface area (Å²) >= 11 is 0. The lowest BCUT2D eigenvalue weighted by molar-refractivity contribution is 0.0658. The highest BCUT2D eigenvalue weighted by molar-refractivity contribution is 5.42. The van der Waals surface area contributed by atoms with Crippen molar-refractivity contribution in [3.8, 4) is 0 Å². The van der Waals surface area contributed by atoms with Crippen LogP contribution in [0.3, 0.4) is 0 Å². The minimum absolute atomic E-state index is 0.325. The maximum atomic E-state index is 13.0. The van der Waals surface area contributed by atoms with Gasteiger partial charge in [-0.15, -0.1) is 5.10 Å². The predicted molar refractivity (Wildman–Crippen MR) is 69.6 cm³/mol. The van der Waals surface area contributed by atoms with Gasteiger partial charge in [0.2, 0.25) is 5.95 Å². The Bertz CT molecular complexity index is 551. The topological polar surface area (TPSA) is 51.5 Å². The van der Waals surface area contributed by atoms with Crippen LogP contribution in [0.1, 0.15) is 25.7 Å². The third-order valence-electron chi connectivity index (χ3n) is 3.34. The van der Waals surface area contributed by atoms with Gasteiger partial charge in [0, 0.05) is 6.54 Å². The van der Waals surface area contributed by atoms with Crippen LogP contribution in [0.2, 0.25) is 0 Å². The van der Waals surface area contributed by atoms with Crippen LogP contribution in [0, 0.1) is 5.82 Å². The summed E-state index contributed by atoms with van der Waals surface area (Å²) in [5.74, 6) is 0.175. The van der Waals surface area contributed by atoms with E-state index >= 15 is 0 Å². The Hall–Kier alpha value is -1.69. The molecule has 3 rings (SSSR count). The standard InChI is InChI=1S/C13H17FN4O/c14-10-5-6-12-16-13(17-18(12)9-10)15-7-8-19-11-3-1-2-4-11/h5-6,9,11H,1-4,7-8H2,(H,15,17). The van der Waals surface area contributed by atoms with Gasteiger partial charge in [-0.25, -0.2) is 8.91 Å². The molecule has 2 heterocycles. The van der Waals surface area contributed by atoms with E-state index in [9.17, 15) is 4.39 Å². The summed E-state index contributed by atoms with van der Waals surface area (Å²) in [7, 11) is 0. The molecule has 19 heavy (non-hydrogen) atoms. The van der Waals surface area contributed by atoms with Crippen LogP contribution in [0.25, 0.3) is 5.65 Å². The first-order valence-corrected chi connectivity index (χ1v) is 6.69. The van der Waals surface area contributed by atoms with Gasteiger partial charge in [-0.3, -0.25) is 0 Å². The highest BCUT2D eigenvalue weighted by Gasteiger charge is 2.14. The molecule has 1 fully saturated rings. The first kappa shape index (κ1) is 12.3. The maximum Gasteiger partial charge on any atom is 0.243 e. The molecule has 0 bridgehead atoms. The van der Waals surface area contributed by atoms with Crippen LogP contribution in [0.4, 0.5) is 10.3 Å². The zero-order valence-corrected chi connectivity index (χ0v) is 10.7. The summed E-state index contributed by atoms with van der Waals surface area (Å²) in [5, 5.41) is 7.23. The van der Waals surface area contributed by atoms with E-state index in [2.05, 4.69) is 15.4 Å². The Morgan fingerprint density at radius 3 is 3.05 bits per heavy atom. The molecule has 0 aromatic carbocycles. The number of ether oxygens (including phenoxy) is 1. The second-order valence-electron chi connectivity index (χ2n) is 4.79. The molecule has 0 saturated heterocycles. The fraction of sp³-hybridized carbons (Fsp3) is 0.538. The number of nitrogens with one attached hydrogen (secondary N) is 1. The number of hydrogen-bond donors (Lipinski definition) is 1. The number of anilines is 1. The molecule has 1 saturated carbocycles. The van der Waals surface area contributed by atoms with Crippen LogP contribution >= 0.6 is 0 Å². The summed E-state index contributed by atoms with van der Waals surface area (Å²) < 4.78 is 20.2. The average Bonchev–Trinajstić information content (AvgIpc) is 3.02. The molecule has 2 aromatic rings. The lowest BCUT2D eigenvalue weighted by Gasteiger charge is -2.10. The molecule has 0 spiro atoms. The largest absolute Gasteiger partial charge is 0.376 e. The summed E-state index contributed by atoms with van der Waals surface area (Å²) in [4.78, 5) is 4.24. The lowest BCUT2D eigenvalue weighted by Crippen LogP contribution is -2.15. The van der Waals surface area contributed by atoms with Crippen LogP contribution in [0.15, 0.2) is 18.3 Å². The van der Waals surface area contributed by atoms with Gasteiger partial charge in [-0.1, -0.05) is 12.8 Å². The molecular formula is C13H17FN4O. The van der Waals surface area contributed by atoms with Crippen molar-refractivity contribution in [1.29, 1.82) is 0 Å². The van der Waals surface area contributed by atoms with Gasteiger partial charge in [0.25, 0.3) is 0 Å². The normalized spacial score (nSPS) is 16.3. The highest BCUT2D eigenvalue weighted by Crippen LogP contribution is 2.20. The number of hydrogen-bond acceptors (Lipinski definition) is 4. The van der Waals surface area contributed by atoms with Gasteiger partial charge in [-0.2, -0.15) is 4.98 Å². The Morgan fingerprint density at radius 2 is 2.21 bits per heavy atom. The number of halogens is 1. The number of aromatic nitrogens is 3. The van der Waals surface area contributed by atoms with Gasteiger partial charge in [-0.05, 0) is 25.0 Å². The molecule has 1 aliphatic rings. The first-order valence-electron chi connectivity index (χ1n) is 6.69. The Morgan fingerprint density at radius 1 is 1.37 bits per heavy atom. The summed E-state index contributed by atoms with van der Waals surface area (Å²) in [6.07, 6.45) is 6.63. The van der Waals surface area contributed by atoms with Crippen LogP contribution in [0.5, 0.6) is 0 Å². The molecule has 0 unspecified atom stereocenters. The molecule has 0 amide bonds. The van der Waals surface area contributed by atoms with Gasteiger partial charge in [0.1, 0.15) is 5.82 Å². The van der Waals surface area contributed by atoms with E-state index in [4.69, 9.17) is 4.74 Å². The second kappa shape index (κ2) is 5.52. The van der Waals surface area contributed by atoms with Crippen LogP contribution in [-0.4, -0.2) is 33.9 Å². The maximum absolute atomic E-state index is 13.0. The van der Waals surface area contributed by atoms with Crippen LogP contribution < -0.4 is 5.32 Å². The van der Waals surface area contributed by atoms with E-state index in [0.29, 0.717) is 30.9 Å². The van der Waals surface area contributed by atoms with E-state index in [1.165, 1.54) is 42.5 Å². The molecular weight excluding hydrogens is 247 g/mol. The van der Waals surface area contributed by atoms with Gasteiger partial charge >= 0.3 is 0 Å². The Labute approximate surface area is 110 Å². The van der Waals surface area contributed by atoms with Gasteiger partial charge < -0.3 is 10.1 Å². The van der Waals surface area contributed by atoms with E-state index in [-0.39, 0.29) is 5.82 Å². The molecule has 0 aliphatic heterocycles. The SMILES string of the molecule is Fc1ccc2nc(NCCOC3CCCC3)nn2c1. The molecule has 1 aliphatic carbocycles. The number of rotatable bonds is 5. The summed E-state index contributed by atoms with van der Waals surface area (Å²) in [6.45, 7) is 1.31. The minimum Gasteiger partial charge on any atom is -0.376 e. The van der Waals surface area contributed by atoms with E-state index in [0.717, 1.165) is 0 Å². The van der Waals surface area contributed by atoms with E-state index in [1.54, 1.807) is 6.07 Å². The smallest absolute Gasteiger partial charge is 0.243 e. The monoisotopic (exact) mass is 264 g/mol. The average molecular weight is 264 g/mol. The quantitative estimate of drug-likeness (QED) is 0.841. The third kappa shape index (κ3) is 3.01. The molecule has 0 atom stereocenters. The minimum atomic E-state index is -0.325. The molecule has 102 valence electrons. The highest BCUT2D eigenvalue weighted by atomic mass is 19.1. The number of pyridine rings is 1. The van der Waals surface area contributed by atoms with Crippen molar-refractivity contribution in [2.75, 3.05) is 18.5 Å². The fourth-order valence-electron chi connectivity index (χ4n) is 2.38. The third-order valence-corrected chi connectivity index (χ3v) is 3.34. The summed E-state index contributed by atoms with van der Waals surface area (Å²) in [5.41, 5.74) is 0.626. The molecule has 0 radical (unpaired) electrons. The van der Waals surface area contributed by atoms with Crippen molar-refractivity contribution in [3.05, 3.63) is 24.1 Å². The predicted octanol–water partition coefficient (Wildman–Crippen LogP) is 2.24. The first-order chi connectivity index (χ1) is 9.31. The second-order valence-corrected chi connectivity index (χ2v) is 4.79. The van der Waals surface area contributed by atoms with Crippen molar-refractivity contribution < 1.29 is 9.13 Å². The fourth-order valence-corrected chi connectivity index (χ4v) is 2.38. The van der Waals surface area contributed by atoms with Gasteiger partial charge in [0.15, 0.2) is 5.65 Å². The molecule has 5 nitrogen and oxygen atoms in total. The van der Waals surface area contributed by atoms with Crippen molar-refractivity contribution in [2.45, 2.75) is 31.8 Å². The Kier molecular flexibility index (Phi) is 3.59.